The maximum absolute atomic E-state index is 5.55. The summed E-state index contributed by atoms with van der Waals surface area (Å²) in [5.41, 5.74) is 7.61. The second kappa shape index (κ2) is 3.69. The predicted molar refractivity (Wildman–Crippen MR) is 61.4 cm³/mol. The standard InChI is InChI=1S/C9H12BrN5/c1-6-9(10)7(14(2)12-6)5-15-4-3-8(11)13-15/h3-4H,5H2,1-2H3,(H2,11,13). The molecule has 2 N–H and O–H groups in total. The number of nitrogen functional groups attached to an aromatic ring is 1. The van der Waals surface area contributed by atoms with Crippen LogP contribution in [0.3, 0.4) is 0 Å². The predicted octanol–water partition coefficient (Wildman–Crippen LogP) is 1.32. The maximum atomic E-state index is 5.55. The van der Waals surface area contributed by atoms with Crippen molar-refractivity contribution >= 4 is 21.7 Å². The van der Waals surface area contributed by atoms with Gasteiger partial charge in [0, 0.05) is 13.2 Å². The highest BCUT2D eigenvalue weighted by molar-refractivity contribution is 9.10. The van der Waals surface area contributed by atoms with Gasteiger partial charge in [-0.05, 0) is 28.9 Å². The Kier molecular flexibility index (Phi) is 2.52. The normalized spacial score (nSPS) is 10.9. The number of halogens is 1. The first-order chi connectivity index (χ1) is 7.08. The van der Waals surface area contributed by atoms with E-state index in [0.29, 0.717) is 12.4 Å². The number of aryl methyl sites for hydroxylation is 2. The smallest absolute Gasteiger partial charge is 0.145 e. The summed E-state index contributed by atoms with van der Waals surface area (Å²) in [5.74, 6) is 0.532. The average Bonchev–Trinajstić information content (AvgIpc) is 2.67. The Bertz CT molecular complexity index is 485. The summed E-state index contributed by atoms with van der Waals surface area (Å²) < 4.78 is 4.66. The lowest BCUT2D eigenvalue weighted by Gasteiger charge is -2.02. The molecule has 0 amide bonds. The van der Waals surface area contributed by atoms with Crippen LogP contribution in [0.4, 0.5) is 5.82 Å². The Hall–Kier alpha value is -1.30. The van der Waals surface area contributed by atoms with Crippen molar-refractivity contribution in [2.24, 2.45) is 7.05 Å². The molecule has 0 aliphatic heterocycles. The summed E-state index contributed by atoms with van der Waals surface area (Å²) in [5, 5.41) is 8.44. The molecule has 0 saturated carbocycles. The Morgan fingerprint density at radius 3 is 2.67 bits per heavy atom. The molecule has 2 aromatic rings. The number of aromatic nitrogens is 4. The Labute approximate surface area is 96.0 Å². The average molecular weight is 270 g/mol. The second-order valence-corrected chi connectivity index (χ2v) is 4.20. The molecule has 0 fully saturated rings. The third kappa shape index (κ3) is 1.90. The minimum absolute atomic E-state index is 0.532. The van der Waals surface area contributed by atoms with E-state index in [1.54, 1.807) is 10.7 Å². The molecule has 2 rings (SSSR count). The first-order valence-electron chi connectivity index (χ1n) is 4.55. The van der Waals surface area contributed by atoms with Gasteiger partial charge >= 0.3 is 0 Å². The molecule has 0 atom stereocenters. The molecule has 15 heavy (non-hydrogen) atoms. The molecule has 0 radical (unpaired) electrons. The van der Waals surface area contributed by atoms with E-state index < -0.39 is 0 Å². The molecule has 2 heterocycles. The molecule has 0 aliphatic rings. The topological polar surface area (TPSA) is 61.7 Å². The van der Waals surface area contributed by atoms with E-state index in [1.165, 1.54) is 0 Å². The summed E-state index contributed by atoms with van der Waals surface area (Å²) >= 11 is 3.51. The quantitative estimate of drug-likeness (QED) is 0.895. The minimum atomic E-state index is 0.532. The van der Waals surface area contributed by atoms with Gasteiger partial charge in [-0.2, -0.15) is 10.2 Å². The molecule has 0 aliphatic carbocycles. The Morgan fingerprint density at radius 2 is 2.20 bits per heavy atom. The van der Waals surface area contributed by atoms with E-state index in [0.717, 1.165) is 15.9 Å². The summed E-state index contributed by atoms with van der Waals surface area (Å²) in [6.07, 6.45) is 1.85. The molecule has 5 nitrogen and oxygen atoms in total. The summed E-state index contributed by atoms with van der Waals surface area (Å²) in [6.45, 7) is 2.63. The maximum Gasteiger partial charge on any atom is 0.145 e. The van der Waals surface area contributed by atoms with Crippen molar-refractivity contribution in [2.45, 2.75) is 13.5 Å². The van der Waals surface area contributed by atoms with Crippen LogP contribution in [0.5, 0.6) is 0 Å². The highest BCUT2D eigenvalue weighted by Gasteiger charge is 2.11. The zero-order valence-corrected chi connectivity index (χ0v) is 10.2. The molecule has 6 heteroatoms. The second-order valence-electron chi connectivity index (χ2n) is 3.41. The third-order valence-corrected chi connectivity index (χ3v) is 3.27. The fraction of sp³-hybridized carbons (Fsp3) is 0.333. The Balaban J connectivity index is 2.31. The molecule has 0 saturated heterocycles. The van der Waals surface area contributed by atoms with Crippen LogP contribution < -0.4 is 5.73 Å². The van der Waals surface area contributed by atoms with E-state index in [4.69, 9.17) is 5.73 Å². The summed E-state index contributed by atoms with van der Waals surface area (Å²) in [4.78, 5) is 0. The summed E-state index contributed by atoms with van der Waals surface area (Å²) in [6, 6.07) is 1.77. The highest BCUT2D eigenvalue weighted by Crippen LogP contribution is 2.20. The van der Waals surface area contributed by atoms with Gasteiger partial charge < -0.3 is 5.73 Å². The van der Waals surface area contributed by atoms with Gasteiger partial charge in [0.15, 0.2) is 0 Å². The largest absolute Gasteiger partial charge is 0.382 e. The van der Waals surface area contributed by atoms with Gasteiger partial charge in [-0.15, -0.1) is 0 Å². The molecule has 0 aromatic carbocycles. The third-order valence-electron chi connectivity index (χ3n) is 2.23. The monoisotopic (exact) mass is 269 g/mol. The van der Waals surface area contributed by atoms with E-state index in [2.05, 4.69) is 26.1 Å². The van der Waals surface area contributed by atoms with Crippen molar-refractivity contribution in [2.75, 3.05) is 5.73 Å². The SMILES string of the molecule is Cc1nn(C)c(Cn2ccc(N)n2)c1Br. The number of hydrogen-bond donors (Lipinski definition) is 1. The van der Waals surface area contributed by atoms with Crippen molar-refractivity contribution in [3.63, 3.8) is 0 Å². The number of anilines is 1. The van der Waals surface area contributed by atoms with Gasteiger partial charge in [0.25, 0.3) is 0 Å². The van der Waals surface area contributed by atoms with E-state index >= 15 is 0 Å². The molecule has 80 valence electrons. The van der Waals surface area contributed by atoms with Crippen LogP contribution in [0.25, 0.3) is 0 Å². The van der Waals surface area contributed by atoms with Gasteiger partial charge in [-0.3, -0.25) is 9.36 Å². The van der Waals surface area contributed by atoms with E-state index in [1.807, 2.05) is 24.9 Å². The van der Waals surface area contributed by atoms with Crippen molar-refractivity contribution in [3.05, 3.63) is 28.1 Å². The number of nitrogens with zero attached hydrogens (tertiary/aromatic N) is 4. The lowest BCUT2D eigenvalue weighted by Crippen LogP contribution is -2.06. The van der Waals surface area contributed by atoms with Crippen molar-refractivity contribution in [3.8, 4) is 0 Å². The first-order valence-corrected chi connectivity index (χ1v) is 5.34. The van der Waals surface area contributed by atoms with Gasteiger partial charge in [-0.1, -0.05) is 0 Å². The van der Waals surface area contributed by atoms with Gasteiger partial charge in [0.2, 0.25) is 0 Å². The zero-order chi connectivity index (χ0) is 11.0. The van der Waals surface area contributed by atoms with Crippen molar-refractivity contribution in [1.82, 2.24) is 19.6 Å². The zero-order valence-electron chi connectivity index (χ0n) is 8.61. The molecular weight excluding hydrogens is 258 g/mol. The van der Waals surface area contributed by atoms with Crippen LogP contribution in [0.2, 0.25) is 0 Å². The van der Waals surface area contributed by atoms with Crippen LogP contribution in [0.15, 0.2) is 16.7 Å². The Morgan fingerprint density at radius 1 is 1.47 bits per heavy atom. The summed E-state index contributed by atoms with van der Waals surface area (Å²) in [7, 11) is 1.92. The molecule has 0 unspecified atom stereocenters. The fourth-order valence-corrected chi connectivity index (χ4v) is 1.93. The van der Waals surface area contributed by atoms with Crippen LogP contribution in [-0.4, -0.2) is 19.6 Å². The van der Waals surface area contributed by atoms with E-state index in [9.17, 15) is 0 Å². The van der Waals surface area contributed by atoms with Crippen LogP contribution in [0.1, 0.15) is 11.4 Å². The van der Waals surface area contributed by atoms with Crippen LogP contribution in [0, 0.1) is 6.92 Å². The molecule has 2 aromatic heterocycles. The minimum Gasteiger partial charge on any atom is -0.382 e. The van der Waals surface area contributed by atoms with E-state index in [-0.39, 0.29) is 0 Å². The van der Waals surface area contributed by atoms with Crippen LogP contribution >= 0.6 is 15.9 Å². The number of hydrogen-bond acceptors (Lipinski definition) is 3. The molecular formula is C9H12BrN5. The molecule has 0 bridgehead atoms. The first kappa shape index (κ1) is 10.2. The lowest BCUT2D eigenvalue weighted by atomic mass is 10.3. The fourth-order valence-electron chi connectivity index (χ4n) is 1.47. The highest BCUT2D eigenvalue weighted by atomic mass is 79.9. The van der Waals surface area contributed by atoms with Gasteiger partial charge in [0.1, 0.15) is 5.82 Å². The molecule has 0 spiro atoms. The van der Waals surface area contributed by atoms with Gasteiger partial charge in [-0.25, -0.2) is 0 Å². The van der Waals surface area contributed by atoms with Crippen LogP contribution in [-0.2, 0) is 13.6 Å². The lowest BCUT2D eigenvalue weighted by molar-refractivity contribution is 0.619. The number of nitrogens with two attached hydrogens (primary N) is 1. The van der Waals surface area contributed by atoms with Gasteiger partial charge in [0.05, 0.1) is 22.4 Å². The van der Waals surface area contributed by atoms with Crippen molar-refractivity contribution < 1.29 is 0 Å². The van der Waals surface area contributed by atoms with Crippen molar-refractivity contribution in [1.29, 1.82) is 0 Å². The number of rotatable bonds is 2.